The standard InChI is InChI=1S/C20H21ClN4O2/c1-2-3-5-11-22-20(27)18-24-17(16-10-4-6-12-25(16)18)19(26)23-15-9-7-8-14(21)13-15/h4,6-10,12-13H,2-3,5,11H2,1H3,(H,22,27)(H,23,26). The summed E-state index contributed by atoms with van der Waals surface area (Å²) in [5, 5.41) is 6.16. The van der Waals surface area contributed by atoms with Crippen LogP contribution in [-0.2, 0) is 0 Å². The van der Waals surface area contributed by atoms with Gasteiger partial charge in [-0.3, -0.25) is 14.0 Å². The Morgan fingerprint density at radius 2 is 1.96 bits per heavy atom. The monoisotopic (exact) mass is 384 g/mol. The summed E-state index contributed by atoms with van der Waals surface area (Å²) in [6.45, 7) is 2.69. The van der Waals surface area contributed by atoms with Crippen LogP contribution in [0.2, 0.25) is 5.02 Å². The van der Waals surface area contributed by atoms with Gasteiger partial charge in [0, 0.05) is 23.5 Å². The molecule has 0 spiro atoms. The molecule has 2 heterocycles. The second-order valence-corrected chi connectivity index (χ2v) is 6.60. The molecule has 0 aliphatic carbocycles. The van der Waals surface area contributed by atoms with Crippen molar-refractivity contribution in [3.05, 3.63) is 65.2 Å². The van der Waals surface area contributed by atoms with Crippen LogP contribution >= 0.6 is 11.6 Å². The molecule has 0 saturated heterocycles. The lowest BCUT2D eigenvalue weighted by atomic mass is 10.2. The highest BCUT2D eigenvalue weighted by atomic mass is 35.5. The predicted octanol–water partition coefficient (Wildman–Crippen LogP) is 4.16. The molecular formula is C20H21ClN4O2. The van der Waals surface area contributed by atoms with E-state index in [1.54, 1.807) is 53.1 Å². The number of benzene rings is 1. The van der Waals surface area contributed by atoms with E-state index in [1.807, 2.05) is 0 Å². The molecular weight excluding hydrogens is 364 g/mol. The van der Waals surface area contributed by atoms with Crippen molar-refractivity contribution in [2.45, 2.75) is 26.2 Å². The molecule has 27 heavy (non-hydrogen) atoms. The van der Waals surface area contributed by atoms with Crippen LogP contribution < -0.4 is 10.6 Å². The minimum absolute atomic E-state index is 0.189. The first-order valence-electron chi connectivity index (χ1n) is 8.92. The Labute approximate surface area is 162 Å². The van der Waals surface area contributed by atoms with Gasteiger partial charge in [-0.25, -0.2) is 4.98 Å². The van der Waals surface area contributed by atoms with Gasteiger partial charge in [0.25, 0.3) is 11.8 Å². The molecule has 2 aromatic heterocycles. The van der Waals surface area contributed by atoms with Crippen molar-refractivity contribution >= 4 is 34.6 Å². The van der Waals surface area contributed by atoms with Gasteiger partial charge in [0.05, 0.1) is 5.52 Å². The maximum Gasteiger partial charge on any atom is 0.287 e. The van der Waals surface area contributed by atoms with Crippen molar-refractivity contribution in [3.63, 3.8) is 0 Å². The zero-order valence-electron chi connectivity index (χ0n) is 15.0. The van der Waals surface area contributed by atoms with Crippen LogP contribution in [0.3, 0.4) is 0 Å². The number of unbranched alkanes of at least 4 members (excludes halogenated alkanes) is 2. The molecule has 3 aromatic rings. The molecule has 2 N–H and O–H groups in total. The molecule has 2 amide bonds. The van der Waals surface area contributed by atoms with Crippen LogP contribution in [0.15, 0.2) is 48.7 Å². The number of hydrogen-bond acceptors (Lipinski definition) is 3. The van der Waals surface area contributed by atoms with E-state index in [-0.39, 0.29) is 17.4 Å². The first kappa shape index (κ1) is 18.9. The number of amides is 2. The molecule has 140 valence electrons. The van der Waals surface area contributed by atoms with Crippen molar-refractivity contribution in [3.8, 4) is 0 Å². The van der Waals surface area contributed by atoms with Crippen molar-refractivity contribution in [2.75, 3.05) is 11.9 Å². The lowest BCUT2D eigenvalue weighted by Gasteiger charge is -2.03. The summed E-state index contributed by atoms with van der Waals surface area (Å²) in [7, 11) is 0. The first-order chi connectivity index (χ1) is 13.1. The molecule has 0 fully saturated rings. The Balaban J connectivity index is 1.85. The van der Waals surface area contributed by atoms with Gasteiger partial charge in [0.1, 0.15) is 0 Å². The SMILES string of the molecule is CCCCCNC(=O)c1nc(C(=O)Nc2cccc(Cl)c2)c2ccccn12. The third kappa shape index (κ3) is 4.46. The number of pyridine rings is 1. The highest BCUT2D eigenvalue weighted by molar-refractivity contribution is 6.31. The maximum absolute atomic E-state index is 12.7. The van der Waals surface area contributed by atoms with Gasteiger partial charge in [-0.05, 0) is 36.8 Å². The van der Waals surface area contributed by atoms with E-state index in [0.29, 0.717) is 22.8 Å². The molecule has 7 heteroatoms. The fourth-order valence-corrected chi connectivity index (χ4v) is 2.97. The predicted molar refractivity (Wildman–Crippen MR) is 106 cm³/mol. The Morgan fingerprint density at radius 1 is 1.11 bits per heavy atom. The molecule has 0 aliphatic rings. The topological polar surface area (TPSA) is 75.5 Å². The highest BCUT2D eigenvalue weighted by Gasteiger charge is 2.21. The fourth-order valence-electron chi connectivity index (χ4n) is 2.78. The van der Waals surface area contributed by atoms with Crippen LogP contribution in [0.4, 0.5) is 5.69 Å². The van der Waals surface area contributed by atoms with Crippen molar-refractivity contribution in [1.29, 1.82) is 0 Å². The number of fused-ring (bicyclic) bond motifs is 1. The molecule has 0 aliphatic heterocycles. The van der Waals surface area contributed by atoms with E-state index in [1.165, 1.54) is 0 Å². The average molecular weight is 385 g/mol. The summed E-state index contributed by atoms with van der Waals surface area (Å²) in [5.74, 6) is -0.501. The lowest BCUT2D eigenvalue weighted by Crippen LogP contribution is -2.26. The van der Waals surface area contributed by atoms with Crippen molar-refractivity contribution in [2.24, 2.45) is 0 Å². The van der Waals surface area contributed by atoms with Gasteiger partial charge in [-0.2, -0.15) is 0 Å². The molecule has 6 nitrogen and oxygen atoms in total. The second-order valence-electron chi connectivity index (χ2n) is 6.17. The number of carbonyl (C=O) groups is 2. The molecule has 0 radical (unpaired) electrons. The lowest BCUT2D eigenvalue weighted by molar-refractivity contribution is 0.0942. The Kier molecular flexibility index (Phi) is 6.08. The molecule has 0 atom stereocenters. The number of anilines is 1. The average Bonchev–Trinajstić information content (AvgIpc) is 3.05. The first-order valence-corrected chi connectivity index (χ1v) is 9.30. The molecule has 0 unspecified atom stereocenters. The van der Waals surface area contributed by atoms with E-state index in [0.717, 1.165) is 19.3 Å². The van der Waals surface area contributed by atoms with Crippen LogP contribution in [0, 0.1) is 0 Å². The van der Waals surface area contributed by atoms with Crippen LogP contribution in [0.1, 0.15) is 47.3 Å². The number of carbonyl (C=O) groups excluding carboxylic acids is 2. The van der Waals surface area contributed by atoms with Crippen molar-refractivity contribution in [1.82, 2.24) is 14.7 Å². The minimum Gasteiger partial charge on any atom is -0.349 e. The summed E-state index contributed by atoms with van der Waals surface area (Å²) in [4.78, 5) is 29.5. The van der Waals surface area contributed by atoms with Crippen LogP contribution in [-0.4, -0.2) is 27.7 Å². The molecule has 0 saturated carbocycles. The smallest absolute Gasteiger partial charge is 0.287 e. The van der Waals surface area contributed by atoms with E-state index >= 15 is 0 Å². The number of imidazole rings is 1. The van der Waals surface area contributed by atoms with Gasteiger partial charge >= 0.3 is 0 Å². The normalized spacial score (nSPS) is 10.7. The third-order valence-corrected chi connectivity index (χ3v) is 4.35. The van der Waals surface area contributed by atoms with E-state index in [9.17, 15) is 9.59 Å². The minimum atomic E-state index is -0.397. The van der Waals surface area contributed by atoms with Crippen LogP contribution in [0.25, 0.3) is 5.52 Å². The number of nitrogens with zero attached hydrogens (tertiary/aromatic N) is 2. The Morgan fingerprint density at radius 3 is 2.74 bits per heavy atom. The summed E-state index contributed by atoms with van der Waals surface area (Å²) in [5.41, 5.74) is 1.32. The highest BCUT2D eigenvalue weighted by Crippen LogP contribution is 2.18. The summed E-state index contributed by atoms with van der Waals surface area (Å²) in [6, 6.07) is 12.2. The number of aromatic nitrogens is 2. The fraction of sp³-hybridized carbons (Fsp3) is 0.250. The van der Waals surface area contributed by atoms with Gasteiger partial charge in [-0.15, -0.1) is 0 Å². The number of hydrogen-bond donors (Lipinski definition) is 2. The molecule has 0 bridgehead atoms. The van der Waals surface area contributed by atoms with Gasteiger partial charge < -0.3 is 10.6 Å². The Bertz CT molecular complexity index is 968. The van der Waals surface area contributed by atoms with E-state index < -0.39 is 5.91 Å². The van der Waals surface area contributed by atoms with Gasteiger partial charge in [0.2, 0.25) is 5.82 Å². The van der Waals surface area contributed by atoms with Gasteiger partial charge in [-0.1, -0.05) is 43.5 Å². The second kappa shape index (κ2) is 8.68. The summed E-state index contributed by atoms with van der Waals surface area (Å²) in [6.07, 6.45) is 4.76. The quantitative estimate of drug-likeness (QED) is 0.600. The molecule has 1 aromatic carbocycles. The zero-order chi connectivity index (χ0) is 19.2. The van der Waals surface area contributed by atoms with Crippen molar-refractivity contribution < 1.29 is 9.59 Å². The largest absolute Gasteiger partial charge is 0.349 e. The third-order valence-electron chi connectivity index (χ3n) is 4.11. The number of nitrogens with one attached hydrogen (secondary N) is 2. The zero-order valence-corrected chi connectivity index (χ0v) is 15.8. The van der Waals surface area contributed by atoms with E-state index in [4.69, 9.17) is 11.6 Å². The number of rotatable bonds is 7. The summed E-state index contributed by atoms with van der Waals surface area (Å²) >= 11 is 5.96. The van der Waals surface area contributed by atoms with Gasteiger partial charge in [0.15, 0.2) is 5.69 Å². The number of halogens is 1. The van der Waals surface area contributed by atoms with E-state index in [2.05, 4.69) is 22.5 Å². The molecule has 3 rings (SSSR count). The van der Waals surface area contributed by atoms with Crippen LogP contribution in [0.5, 0.6) is 0 Å². The maximum atomic E-state index is 12.7. The Hall–Kier alpha value is -2.86. The summed E-state index contributed by atoms with van der Waals surface area (Å²) < 4.78 is 1.63.